The summed E-state index contributed by atoms with van der Waals surface area (Å²) in [5.74, 6) is 1.13. The number of hydrogen-bond acceptors (Lipinski definition) is 4. The van der Waals surface area contributed by atoms with Crippen molar-refractivity contribution in [2.75, 3.05) is 0 Å². The minimum atomic E-state index is -0.303. The van der Waals surface area contributed by atoms with E-state index in [4.69, 9.17) is 4.42 Å². The van der Waals surface area contributed by atoms with E-state index in [1.807, 2.05) is 13.8 Å². The molecule has 1 aliphatic carbocycles. The van der Waals surface area contributed by atoms with Crippen LogP contribution in [-0.4, -0.2) is 17.4 Å². The number of carbonyl (C=O) groups excluding carboxylic acids is 2. The monoisotopic (exact) mass is 276 g/mol. The number of hydrogen-bond donors (Lipinski definition) is 1. The minimum Gasteiger partial charge on any atom is -0.466 e. The van der Waals surface area contributed by atoms with Crippen LogP contribution in [0.2, 0.25) is 0 Å². The predicted octanol–water partition coefficient (Wildman–Crippen LogP) is 2.76. The molecule has 0 saturated heterocycles. The summed E-state index contributed by atoms with van der Waals surface area (Å²) < 4.78 is 5.31. The predicted molar refractivity (Wildman–Crippen MR) is 75.7 cm³/mol. The van der Waals surface area contributed by atoms with Crippen molar-refractivity contribution in [2.45, 2.75) is 47.0 Å². The fourth-order valence-electron chi connectivity index (χ4n) is 2.63. The third-order valence-electron chi connectivity index (χ3n) is 3.36. The molecule has 0 spiro atoms. The molecule has 20 heavy (non-hydrogen) atoms. The molecule has 1 amide bonds. The van der Waals surface area contributed by atoms with E-state index in [0.29, 0.717) is 29.9 Å². The Labute approximate surface area is 118 Å². The number of nitrogens with one attached hydrogen (secondary N) is 1. The van der Waals surface area contributed by atoms with E-state index in [1.54, 1.807) is 19.9 Å². The van der Waals surface area contributed by atoms with E-state index >= 15 is 0 Å². The Morgan fingerprint density at radius 2 is 2.05 bits per heavy atom. The van der Waals surface area contributed by atoms with Gasteiger partial charge in [-0.15, -0.1) is 0 Å². The third-order valence-corrected chi connectivity index (χ3v) is 3.36. The first-order chi connectivity index (χ1) is 9.27. The summed E-state index contributed by atoms with van der Waals surface area (Å²) in [6.45, 7) is 7.59. The maximum atomic E-state index is 12.0. The Hall–Kier alpha value is -1.91. The van der Waals surface area contributed by atoms with Crippen LogP contribution in [0.25, 0.3) is 0 Å². The van der Waals surface area contributed by atoms with Gasteiger partial charge in [-0.05, 0) is 31.7 Å². The first kappa shape index (κ1) is 14.5. The largest absolute Gasteiger partial charge is 0.466 e. The van der Waals surface area contributed by atoms with Crippen molar-refractivity contribution in [3.05, 3.63) is 23.2 Å². The highest BCUT2D eigenvalue weighted by Gasteiger charge is 2.30. The minimum absolute atomic E-state index is 0.0823. The highest BCUT2D eigenvalue weighted by molar-refractivity contribution is 6.05. The van der Waals surface area contributed by atoms with E-state index in [9.17, 15) is 9.59 Å². The smallest absolute Gasteiger partial charge is 0.274 e. The quantitative estimate of drug-likeness (QED) is 0.844. The van der Waals surface area contributed by atoms with Crippen molar-refractivity contribution < 1.29 is 14.0 Å². The van der Waals surface area contributed by atoms with E-state index in [1.165, 1.54) is 0 Å². The van der Waals surface area contributed by atoms with Gasteiger partial charge in [-0.1, -0.05) is 13.8 Å². The molecular weight excluding hydrogens is 256 g/mol. The summed E-state index contributed by atoms with van der Waals surface area (Å²) in [4.78, 5) is 23.7. The fourth-order valence-corrected chi connectivity index (χ4v) is 2.63. The van der Waals surface area contributed by atoms with Gasteiger partial charge >= 0.3 is 0 Å². The number of Topliss-reactive ketones (excluding diaryl/α,β-unsaturated/α-hetero) is 1. The highest BCUT2D eigenvalue weighted by atomic mass is 16.3. The maximum Gasteiger partial charge on any atom is 0.274 e. The van der Waals surface area contributed by atoms with Crippen LogP contribution in [0.15, 0.2) is 15.6 Å². The first-order valence-corrected chi connectivity index (χ1v) is 6.71. The zero-order valence-electron chi connectivity index (χ0n) is 12.4. The van der Waals surface area contributed by atoms with Gasteiger partial charge in [0.2, 0.25) is 0 Å². The second-order valence-corrected chi connectivity index (χ2v) is 6.18. The van der Waals surface area contributed by atoms with Gasteiger partial charge in [0.1, 0.15) is 17.3 Å². The molecule has 1 aromatic rings. The Kier molecular flexibility index (Phi) is 3.79. The van der Waals surface area contributed by atoms with Gasteiger partial charge in [0.05, 0.1) is 5.56 Å². The number of amides is 1. The molecule has 1 saturated carbocycles. The molecule has 0 unspecified atom stereocenters. The van der Waals surface area contributed by atoms with E-state index < -0.39 is 0 Å². The average Bonchev–Trinajstić information content (AvgIpc) is 2.63. The van der Waals surface area contributed by atoms with Gasteiger partial charge in [-0.2, -0.15) is 5.10 Å². The Bertz CT molecular complexity index is 582. The molecule has 1 N–H and O–H groups in total. The summed E-state index contributed by atoms with van der Waals surface area (Å²) in [5.41, 5.74) is 3.65. The summed E-state index contributed by atoms with van der Waals surface area (Å²) in [6.07, 6.45) is 1.62. The van der Waals surface area contributed by atoms with E-state index in [2.05, 4.69) is 10.5 Å². The van der Waals surface area contributed by atoms with Crippen molar-refractivity contribution in [2.24, 2.45) is 10.5 Å². The molecule has 1 aromatic heterocycles. The standard InChI is InChI=1S/C15H20N2O3/c1-9-5-13(10(2)20-9)14(19)17-16-11-6-12(18)8-15(3,4)7-11/h5H,6-8H2,1-4H3,(H,17,19)/b16-11+. The molecule has 1 heterocycles. The molecule has 1 fully saturated rings. The number of furan rings is 1. The SMILES string of the molecule is Cc1cc(C(=O)N/N=C2\CC(=O)CC(C)(C)C2)c(C)o1. The summed E-state index contributed by atoms with van der Waals surface area (Å²) in [6, 6.07) is 1.68. The molecule has 1 aliphatic rings. The lowest BCUT2D eigenvalue weighted by atomic mass is 9.76. The normalized spacial score (nSPS) is 20.2. The van der Waals surface area contributed by atoms with Gasteiger partial charge in [0, 0.05) is 18.6 Å². The lowest BCUT2D eigenvalue weighted by molar-refractivity contribution is -0.120. The molecule has 0 bridgehead atoms. The second kappa shape index (κ2) is 5.23. The van der Waals surface area contributed by atoms with Crippen LogP contribution in [0.4, 0.5) is 0 Å². The van der Waals surface area contributed by atoms with Crippen LogP contribution in [-0.2, 0) is 4.79 Å². The Morgan fingerprint density at radius 1 is 1.35 bits per heavy atom. The van der Waals surface area contributed by atoms with Gasteiger partial charge in [-0.25, -0.2) is 5.43 Å². The van der Waals surface area contributed by atoms with Crippen molar-refractivity contribution in [1.82, 2.24) is 5.43 Å². The molecule has 0 atom stereocenters. The van der Waals surface area contributed by atoms with Crippen LogP contribution in [0.5, 0.6) is 0 Å². The first-order valence-electron chi connectivity index (χ1n) is 6.71. The zero-order valence-corrected chi connectivity index (χ0v) is 12.4. The molecule has 5 nitrogen and oxygen atoms in total. The topological polar surface area (TPSA) is 71.7 Å². The summed E-state index contributed by atoms with van der Waals surface area (Å²) in [5, 5.41) is 4.11. The van der Waals surface area contributed by atoms with Crippen molar-refractivity contribution in [1.29, 1.82) is 0 Å². The Morgan fingerprint density at radius 3 is 2.60 bits per heavy atom. The van der Waals surface area contributed by atoms with Crippen LogP contribution < -0.4 is 5.43 Å². The van der Waals surface area contributed by atoms with Crippen molar-refractivity contribution in [3.63, 3.8) is 0 Å². The van der Waals surface area contributed by atoms with Crippen LogP contribution in [0.1, 0.15) is 55.0 Å². The number of rotatable bonds is 2. The maximum absolute atomic E-state index is 12.0. The van der Waals surface area contributed by atoms with Crippen molar-refractivity contribution >= 4 is 17.4 Å². The second-order valence-electron chi connectivity index (χ2n) is 6.18. The van der Waals surface area contributed by atoms with Crippen LogP contribution in [0.3, 0.4) is 0 Å². The van der Waals surface area contributed by atoms with Gasteiger partial charge in [0.15, 0.2) is 0 Å². The molecular formula is C15H20N2O3. The number of ketones is 1. The van der Waals surface area contributed by atoms with Gasteiger partial charge in [0.25, 0.3) is 5.91 Å². The summed E-state index contributed by atoms with van der Waals surface area (Å²) >= 11 is 0. The third kappa shape index (κ3) is 3.35. The summed E-state index contributed by atoms with van der Waals surface area (Å²) in [7, 11) is 0. The number of hydrazone groups is 1. The molecule has 5 heteroatoms. The molecule has 108 valence electrons. The lowest BCUT2D eigenvalue weighted by Gasteiger charge is -2.28. The van der Waals surface area contributed by atoms with Crippen molar-refractivity contribution in [3.8, 4) is 0 Å². The van der Waals surface area contributed by atoms with Crippen LogP contribution >= 0.6 is 0 Å². The van der Waals surface area contributed by atoms with Crippen LogP contribution in [0, 0.1) is 19.3 Å². The zero-order chi connectivity index (χ0) is 14.9. The number of carbonyl (C=O) groups is 2. The highest BCUT2D eigenvalue weighted by Crippen LogP contribution is 2.31. The molecule has 0 aliphatic heterocycles. The molecule has 0 radical (unpaired) electrons. The van der Waals surface area contributed by atoms with E-state index in [-0.39, 0.29) is 17.1 Å². The Balaban J connectivity index is 2.07. The average molecular weight is 276 g/mol. The number of aryl methyl sites for hydroxylation is 2. The lowest BCUT2D eigenvalue weighted by Crippen LogP contribution is -2.31. The van der Waals surface area contributed by atoms with E-state index in [0.717, 1.165) is 12.1 Å². The molecule has 0 aromatic carbocycles. The fraction of sp³-hybridized carbons (Fsp3) is 0.533. The number of nitrogens with zero attached hydrogens (tertiary/aromatic N) is 1. The van der Waals surface area contributed by atoms with Gasteiger partial charge in [-0.3, -0.25) is 9.59 Å². The van der Waals surface area contributed by atoms with Gasteiger partial charge < -0.3 is 4.42 Å². The molecule has 2 rings (SSSR count).